The predicted octanol–water partition coefficient (Wildman–Crippen LogP) is 4.93. The highest BCUT2D eigenvalue weighted by molar-refractivity contribution is 5.22. The Labute approximate surface area is 351 Å². The van der Waals surface area contributed by atoms with Crippen molar-refractivity contribution in [3.63, 3.8) is 0 Å². The van der Waals surface area contributed by atoms with Crippen molar-refractivity contribution in [3.8, 4) is 0 Å². The zero-order valence-corrected chi connectivity index (χ0v) is 35.7. The minimum Gasteiger partial charge on any atom is -0.396 e. The van der Waals surface area contributed by atoms with E-state index in [0.717, 1.165) is 40.7 Å². The van der Waals surface area contributed by atoms with E-state index in [4.69, 9.17) is 24.1 Å². The fourth-order valence-corrected chi connectivity index (χ4v) is 9.39. The zero-order chi connectivity index (χ0) is 43.6. The van der Waals surface area contributed by atoms with Gasteiger partial charge in [0.2, 0.25) is 0 Å². The van der Waals surface area contributed by atoms with Gasteiger partial charge in [0.25, 0.3) is 0 Å². The maximum absolute atomic E-state index is 11.4. The fourth-order valence-electron chi connectivity index (χ4n) is 9.39. The number of hydrogen-bond donors (Lipinski definition) is 8. The van der Waals surface area contributed by atoms with E-state index in [0.29, 0.717) is 56.4 Å². The van der Waals surface area contributed by atoms with Gasteiger partial charge in [-0.15, -0.1) is 0 Å². The second-order valence-electron chi connectivity index (χ2n) is 18.2. The van der Waals surface area contributed by atoms with Crippen LogP contribution in [0.15, 0.2) is 84.6 Å². The van der Waals surface area contributed by atoms with E-state index in [1.54, 1.807) is 6.92 Å². The number of allylic oxidation sites excluding steroid dienone is 3. The van der Waals surface area contributed by atoms with Gasteiger partial charge < -0.3 is 59.8 Å². The van der Waals surface area contributed by atoms with Crippen LogP contribution in [0, 0.1) is 5.92 Å². The number of aliphatic hydroxyl groups excluding tert-OH is 8. The highest BCUT2D eigenvalue weighted by Gasteiger charge is 2.57. The molecule has 12 nitrogen and oxygen atoms in total. The minimum atomic E-state index is -1.45. The lowest BCUT2D eigenvalue weighted by Gasteiger charge is -2.53. The van der Waals surface area contributed by atoms with Crippen LogP contribution in [0.4, 0.5) is 0 Å². The van der Waals surface area contributed by atoms with Gasteiger partial charge in [0, 0.05) is 25.9 Å². The topological polar surface area (TPSA) is 199 Å². The van der Waals surface area contributed by atoms with Gasteiger partial charge in [-0.05, 0) is 96.5 Å². The van der Waals surface area contributed by atoms with Crippen LogP contribution in [0.5, 0.6) is 0 Å². The van der Waals surface area contributed by atoms with Crippen LogP contribution >= 0.6 is 0 Å². The summed E-state index contributed by atoms with van der Waals surface area (Å²) in [6, 6.07) is 0. The molecule has 1 spiro atoms. The Morgan fingerprint density at radius 1 is 0.763 bits per heavy atom. The van der Waals surface area contributed by atoms with Crippen molar-refractivity contribution in [1.29, 1.82) is 0 Å². The second kappa shape index (κ2) is 22.7. The average Bonchev–Trinajstić information content (AvgIpc) is 3.10. The van der Waals surface area contributed by atoms with Crippen molar-refractivity contribution in [2.75, 3.05) is 6.61 Å². The molecule has 3 saturated heterocycles. The van der Waals surface area contributed by atoms with Gasteiger partial charge in [-0.3, -0.25) is 0 Å². The van der Waals surface area contributed by atoms with Gasteiger partial charge in [0.1, 0.15) is 30.5 Å². The molecule has 4 rings (SSSR count). The lowest BCUT2D eigenvalue weighted by atomic mass is 9.83. The SMILES string of the molecule is C=C(CC(=C)CC(=C)CC1CC(C)=CC2(CC(O)C3OC(CC(O)CC(=C)CC4OC(CC=CCCO)CC(O)C4O)C(O)C(O)C3O2)O1)CC(=C)CC(C)CC(C)O. The maximum atomic E-state index is 11.4. The molecule has 8 N–H and O–H groups in total. The maximum Gasteiger partial charge on any atom is 0.191 e. The molecule has 15 atom stereocenters. The van der Waals surface area contributed by atoms with E-state index < -0.39 is 66.8 Å². The number of rotatable bonds is 22. The summed E-state index contributed by atoms with van der Waals surface area (Å²) in [4.78, 5) is 0. The molecular formula is C47H74O12. The molecular weight excluding hydrogens is 757 g/mol. The van der Waals surface area contributed by atoms with Gasteiger partial charge in [0.05, 0.1) is 48.8 Å². The summed E-state index contributed by atoms with van der Waals surface area (Å²) < 4.78 is 25.2. The summed E-state index contributed by atoms with van der Waals surface area (Å²) >= 11 is 0. The lowest BCUT2D eigenvalue weighted by molar-refractivity contribution is -0.360. The monoisotopic (exact) mass is 831 g/mol. The van der Waals surface area contributed by atoms with Gasteiger partial charge in [-0.25, -0.2) is 0 Å². The summed E-state index contributed by atoms with van der Waals surface area (Å²) in [5.74, 6) is -1.01. The van der Waals surface area contributed by atoms with Gasteiger partial charge >= 0.3 is 0 Å². The summed E-state index contributed by atoms with van der Waals surface area (Å²) in [6.45, 7) is 27.0. The summed E-state index contributed by atoms with van der Waals surface area (Å²) in [7, 11) is 0. The third-order valence-electron chi connectivity index (χ3n) is 11.7. The van der Waals surface area contributed by atoms with E-state index >= 15 is 0 Å². The molecule has 4 aliphatic rings. The number of fused-ring (bicyclic) bond motifs is 1. The number of aliphatic hydroxyl groups is 8. The summed E-state index contributed by atoms with van der Waals surface area (Å²) in [5, 5.41) is 84.8. The van der Waals surface area contributed by atoms with Crippen molar-refractivity contribution >= 4 is 0 Å². The minimum absolute atomic E-state index is 0.0312. The standard InChI is InChI=1S/C47H74O12/c1-27(14-28(2)16-30(4)18-34(8)49)15-29(3)17-31(5)20-37-21-33(7)25-47(58-37)26-39(52)45-46(59-47)44(55)43(54)41(57-45)23-35(50)19-32(6)22-40-42(53)38(51)24-36(56-40)12-10-9-11-13-48/h9-10,25,30,34-46,48-55H,1-3,5-6,11-24,26H2,4,7-8H3. The molecule has 0 radical (unpaired) electrons. The Kier molecular flexibility index (Phi) is 19.0. The molecule has 59 heavy (non-hydrogen) atoms. The highest BCUT2D eigenvalue weighted by Crippen LogP contribution is 2.44. The predicted molar refractivity (Wildman–Crippen MR) is 227 cm³/mol. The largest absolute Gasteiger partial charge is 0.396 e. The van der Waals surface area contributed by atoms with Crippen LogP contribution in [0.1, 0.15) is 111 Å². The first kappa shape index (κ1) is 49.4. The van der Waals surface area contributed by atoms with Crippen LogP contribution in [0.25, 0.3) is 0 Å². The van der Waals surface area contributed by atoms with Crippen molar-refractivity contribution in [1.82, 2.24) is 0 Å². The normalized spacial score (nSPS) is 35.1. The highest BCUT2D eigenvalue weighted by atomic mass is 16.7. The molecule has 0 bridgehead atoms. The first-order chi connectivity index (χ1) is 27.8. The molecule has 4 aliphatic heterocycles. The smallest absolute Gasteiger partial charge is 0.191 e. The fraction of sp³-hybridized carbons (Fsp3) is 0.702. The van der Waals surface area contributed by atoms with E-state index in [9.17, 15) is 35.7 Å². The molecule has 0 aromatic heterocycles. The van der Waals surface area contributed by atoms with Crippen molar-refractivity contribution < 1.29 is 59.8 Å². The second-order valence-corrected chi connectivity index (χ2v) is 18.2. The molecule has 3 fully saturated rings. The van der Waals surface area contributed by atoms with Gasteiger partial charge in [-0.1, -0.05) is 85.4 Å². The third-order valence-corrected chi connectivity index (χ3v) is 11.7. The Morgan fingerprint density at radius 3 is 2.12 bits per heavy atom. The van der Waals surface area contributed by atoms with Gasteiger partial charge in [-0.2, -0.15) is 0 Å². The van der Waals surface area contributed by atoms with Crippen molar-refractivity contribution in [2.24, 2.45) is 5.92 Å². The third kappa shape index (κ3) is 14.9. The number of hydrogen-bond acceptors (Lipinski definition) is 12. The van der Waals surface area contributed by atoms with Crippen LogP contribution in [-0.2, 0) is 18.9 Å². The van der Waals surface area contributed by atoms with Crippen LogP contribution in [-0.4, -0.2) is 133 Å². The molecule has 12 heteroatoms. The van der Waals surface area contributed by atoms with E-state index in [1.165, 1.54) is 0 Å². The van der Waals surface area contributed by atoms with Crippen LogP contribution in [0.2, 0.25) is 0 Å². The summed E-state index contributed by atoms with van der Waals surface area (Å²) in [5.41, 5.74) is 5.60. The first-order valence-electron chi connectivity index (χ1n) is 21.5. The summed E-state index contributed by atoms with van der Waals surface area (Å²) in [6.07, 6.45) is -0.169. The van der Waals surface area contributed by atoms with Crippen LogP contribution in [0.3, 0.4) is 0 Å². The molecule has 0 saturated carbocycles. The Balaban J connectivity index is 1.26. The lowest BCUT2D eigenvalue weighted by Crippen LogP contribution is -2.68. The molecule has 0 aromatic rings. The Hall–Kier alpha value is -2.30. The van der Waals surface area contributed by atoms with Crippen LogP contribution < -0.4 is 0 Å². The molecule has 0 aliphatic carbocycles. The molecule has 334 valence electrons. The quantitative estimate of drug-likeness (QED) is 0.0686. The van der Waals surface area contributed by atoms with E-state index in [1.807, 2.05) is 25.2 Å². The zero-order valence-electron chi connectivity index (χ0n) is 35.7. The molecule has 0 amide bonds. The van der Waals surface area contributed by atoms with E-state index in [2.05, 4.69) is 39.8 Å². The number of ether oxygens (including phenoxy) is 4. The molecule has 15 unspecified atom stereocenters. The van der Waals surface area contributed by atoms with Crippen molar-refractivity contribution in [2.45, 2.75) is 196 Å². The van der Waals surface area contributed by atoms with Crippen molar-refractivity contribution in [3.05, 3.63) is 84.6 Å². The van der Waals surface area contributed by atoms with E-state index in [-0.39, 0.29) is 57.0 Å². The average molecular weight is 831 g/mol. The van der Waals surface area contributed by atoms with Gasteiger partial charge in [0.15, 0.2) is 5.79 Å². The molecule has 0 aromatic carbocycles. The molecule has 4 heterocycles. The Bertz CT molecular complexity index is 1500. The first-order valence-corrected chi connectivity index (χ1v) is 21.5. The Morgan fingerprint density at radius 2 is 1.44 bits per heavy atom.